The van der Waals surface area contributed by atoms with Gasteiger partial charge in [-0.2, -0.15) is 0 Å². The van der Waals surface area contributed by atoms with Crippen molar-refractivity contribution in [3.63, 3.8) is 0 Å². The second kappa shape index (κ2) is 7.08. The molecular formula is C20H21N5O2. The maximum atomic E-state index is 6.25. The Balaban J connectivity index is 1.20. The van der Waals surface area contributed by atoms with E-state index in [1.165, 1.54) is 0 Å². The maximum Gasteiger partial charge on any atom is 0.223 e. The van der Waals surface area contributed by atoms with E-state index in [9.17, 15) is 0 Å². The molecule has 1 fully saturated rings. The summed E-state index contributed by atoms with van der Waals surface area (Å²) in [5.41, 5.74) is 3.79. The molecule has 1 N–H and O–H groups in total. The van der Waals surface area contributed by atoms with Crippen molar-refractivity contribution in [1.82, 2.24) is 19.9 Å². The highest BCUT2D eigenvalue weighted by atomic mass is 16.5. The molecule has 7 heteroatoms. The molecule has 1 aliphatic carbocycles. The minimum Gasteiger partial charge on any atom is -0.488 e. The maximum absolute atomic E-state index is 6.25. The van der Waals surface area contributed by atoms with Crippen molar-refractivity contribution >= 4 is 17.0 Å². The summed E-state index contributed by atoms with van der Waals surface area (Å²) in [6.07, 6.45) is 9.51. The summed E-state index contributed by atoms with van der Waals surface area (Å²) in [7, 11) is 0. The third-order valence-corrected chi connectivity index (χ3v) is 5.21. The molecule has 0 amide bonds. The quantitative estimate of drug-likeness (QED) is 0.762. The third kappa shape index (κ3) is 3.42. The van der Waals surface area contributed by atoms with Crippen LogP contribution in [0.15, 0.2) is 36.8 Å². The fraction of sp³-hybridized carbons (Fsp3) is 0.400. The topological polar surface area (TPSA) is 82.0 Å². The highest BCUT2D eigenvalue weighted by Crippen LogP contribution is 2.29. The van der Waals surface area contributed by atoms with Crippen LogP contribution in [0.5, 0.6) is 5.75 Å². The molecule has 3 heterocycles. The molecule has 1 saturated carbocycles. The highest BCUT2D eigenvalue weighted by molar-refractivity contribution is 5.80. The molecule has 138 valence electrons. The van der Waals surface area contributed by atoms with Crippen LogP contribution in [-0.4, -0.2) is 32.1 Å². The van der Waals surface area contributed by atoms with Gasteiger partial charge < -0.3 is 14.8 Å². The molecule has 5 rings (SSSR count). The van der Waals surface area contributed by atoms with Crippen LogP contribution in [0.3, 0.4) is 0 Å². The normalized spacial score (nSPS) is 21.8. The van der Waals surface area contributed by atoms with E-state index in [0.717, 1.165) is 53.7 Å². The van der Waals surface area contributed by atoms with Crippen LogP contribution in [0, 0.1) is 0 Å². The molecule has 7 nitrogen and oxygen atoms in total. The summed E-state index contributed by atoms with van der Waals surface area (Å²) in [5, 5.41) is 3.47. The molecule has 0 bridgehead atoms. The minimum absolute atomic E-state index is 0.199. The van der Waals surface area contributed by atoms with E-state index in [1.807, 2.05) is 24.4 Å². The predicted molar refractivity (Wildman–Crippen MR) is 100 cm³/mol. The fourth-order valence-corrected chi connectivity index (χ4v) is 3.76. The first-order valence-corrected chi connectivity index (χ1v) is 9.40. The van der Waals surface area contributed by atoms with Gasteiger partial charge in [-0.05, 0) is 37.8 Å². The Morgan fingerprint density at radius 2 is 1.89 bits per heavy atom. The molecule has 1 aliphatic heterocycles. The van der Waals surface area contributed by atoms with Gasteiger partial charge >= 0.3 is 0 Å². The molecule has 1 aromatic carbocycles. The summed E-state index contributed by atoms with van der Waals surface area (Å²) >= 11 is 0. The van der Waals surface area contributed by atoms with Crippen molar-refractivity contribution in [2.45, 2.75) is 51.0 Å². The lowest BCUT2D eigenvalue weighted by Gasteiger charge is -2.29. The van der Waals surface area contributed by atoms with Crippen molar-refractivity contribution in [1.29, 1.82) is 0 Å². The van der Waals surface area contributed by atoms with Crippen molar-refractivity contribution in [2.75, 3.05) is 5.32 Å². The van der Waals surface area contributed by atoms with Crippen LogP contribution in [-0.2, 0) is 18.0 Å². The molecule has 0 atom stereocenters. The Hall–Kier alpha value is -2.80. The number of hydrogen-bond donors (Lipinski definition) is 1. The number of benzene rings is 1. The lowest BCUT2D eigenvalue weighted by molar-refractivity contribution is 0.133. The molecule has 2 aliphatic rings. The van der Waals surface area contributed by atoms with Gasteiger partial charge in [-0.25, -0.2) is 15.0 Å². The van der Waals surface area contributed by atoms with E-state index in [-0.39, 0.29) is 6.10 Å². The first-order valence-electron chi connectivity index (χ1n) is 9.40. The molecule has 0 radical (unpaired) electrons. The van der Waals surface area contributed by atoms with Gasteiger partial charge in [0.2, 0.25) is 5.95 Å². The zero-order valence-corrected chi connectivity index (χ0v) is 15.0. The van der Waals surface area contributed by atoms with Crippen molar-refractivity contribution in [3.8, 4) is 5.75 Å². The highest BCUT2D eigenvalue weighted by Gasteiger charge is 2.24. The molecule has 3 aromatic rings. The van der Waals surface area contributed by atoms with Crippen LogP contribution in [0.2, 0.25) is 0 Å². The van der Waals surface area contributed by atoms with Gasteiger partial charge in [-0.15, -0.1) is 0 Å². The number of hydrogen-bond acceptors (Lipinski definition) is 7. The smallest absolute Gasteiger partial charge is 0.223 e. The number of aromatic nitrogens is 4. The average molecular weight is 363 g/mol. The summed E-state index contributed by atoms with van der Waals surface area (Å²) in [6.45, 7) is 1.21. The molecule has 27 heavy (non-hydrogen) atoms. The van der Waals surface area contributed by atoms with Crippen LogP contribution in [0.1, 0.15) is 36.9 Å². The Labute approximate surface area is 157 Å². The Morgan fingerprint density at radius 1 is 1.00 bits per heavy atom. The average Bonchev–Trinajstić information content (AvgIpc) is 3.18. The minimum atomic E-state index is 0.199. The zero-order chi connectivity index (χ0) is 18.1. The molecular weight excluding hydrogens is 342 g/mol. The van der Waals surface area contributed by atoms with Gasteiger partial charge in [0.1, 0.15) is 11.3 Å². The first-order chi connectivity index (χ1) is 13.3. The van der Waals surface area contributed by atoms with Gasteiger partial charge in [0, 0.05) is 30.2 Å². The molecule has 0 saturated heterocycles. The van der Waals surface area contributed by atoms with Gasteiger partial charge in [0.15, 0.2) is 0 Å². The SMILES string of the molecule is c1cc(O[C@H]2CC[C@@H](Nc3ncc4c(n3)COC4)CC2)c2nccnc2c1. The summed E-state index contributed by atoms with van der Waals surface area (Å²) in [6, 6.07) is 6.27. The Kier molecular flexibility index (Phi) is 4.29. The van der Waals surface area contributed by atoms with Gasteiger partial charge in [0.25, 0.3) is 0 Å². The molecule has 0 unspecified atom stereocenters. The van der Waals surface area contributed by atoms with E-state index in [0.29, 0.717) is 25.2 Å². The summed E-state index contributed by atoms with van der Waals surface area (Å²) in [4.78, 5) is 17.8. The second-order valence-electron chi connectivity index (χ2n) is 7.07. The van der Waals surface area contributed by atoms with Crippen LogP contribution in [0.25, 0.3) is 11.0 Å². The number of para-hydroxylation sites is 1. The van der Waals surface area contributed by atoms with Crippen LogP contribution >= 0.6 is 0 Å². The van der Waals surface area contributed by atoms with Crippen molar-refractivity contribution < 1.29 is 9.47 Å². The fourth-order valence-electron chi connectivity index (χ4n) is 3.76. The summed E-state index contributed by atoms with van der Waals surface area (Å²) < 4.78 is 11.7. The monoisotopic (exact) mass is 363 g/mol. The Bertz CT molecular complexity index is 951. The number of ether oxygens (including phenoxy) is 2. The van der Waals surface area contributed by atoms with Gasteiger partial charge in [-0.1, -0.05) is 6.07 Å². The van der Waals surface area contributed by atoms with Crippen molar-refractivity contribution in [2.24, 2.45) is 0 Å². The first kappa shape index (κ1) is 16.4. The third-order valence-electron chi connectivity index (χ3n) is 5.21. The lowest BCUT2D eigenvalue weighted by atomic mass is 9.93. The predicted octanol–water partition coefficient (Wildman–Crippen LogP) is 3.25. The van der Waals surface area contributed by atoms with E-state index in [2.05, 4.69) is 25.3 Å². The van der Waals surface area contributed by atoms with Crippen LogP contribution < -0.4 is 10.1 Å². The van der Waals surface area contributed by atoms with Crippen molar-refractivity contribution in [3.05, 3.63) is 48.0 Å². The number of nitrogens with one attached hydrogen (secondary N) is 1. The largest absolute Gasteiger partial charge is 0.488 e. The van der Waals surface area contributed by atoms with E-state index in [4.69, 9.17) is 9.47 Å². The van der Waals surface area contributed by atoms with Gasteiger partial charge in [-0.3, -0.25) is 4.98 Å². The standard InChI is InChI=1S/C20H21N5O2/c1-2-16-19(22-9-8-21-16)18(3-1)27-15-6-4-14(5-7-15)24-20-23-10-13-11-26-12-17(13)25-20/h1-3,8-10,14-15H,4-7,11-12H2,(H,23,24,25)/t14-,15+. The molecule has 0 spiro atoms. The van der Waals surface area contributed by atoms with E-state index in [1.54, 1.807) is 12.4 Å². The molecule has 2 aromatic heterocycles. The van der Waals surface area contributed by atoms with E-state index >= 15 is 0 Å². The summed E-state index contributed by atoms with van der Waals surface area (Å²) in [5.74, 6) is 1.52. The number of anilines is 1. The zero-order valence-electron chi connectivity index (χ0n) is 15.0. The van der Waals surface area contributed by atoms with Crippen LogP contribution in [0.4, 0.5) is 5.95 Å². The van der Waals surface area contributed by atoms with E-state index < -0.39 is 0 Å². The number of fused-ring (bicyclic) bond motifs is 2. The number of rotatable bonds is 4. The second-order valence-corrected chi connectivity index (χ2v) is 7.07. The Morgan fingerprint density at radius 3 is 2.81 bits per heavy atom. The number of nitrogens with zero attached hydrogens (tertiary/aromatic N) is 4. The van der Waals surface area contributed by atoms with Gasteiger partial charge in [0.05, 0.1) is 30.5 Å². The lowest BCUT2D eigenvalue weighted by Crippen LogP contribution is -2.32.